The van der Waals surface area contributed by atoms with Gasteiger partial charge >= 0.3 is 0 Å². The molecule has 4 nitrogen and oxygen atoms in total. The number of halogens is 1. The predicted octanol–water partition coefficient (Wildman–Crippen LogP) is 1.07. The molecule has 1 saturated heterocycles. The van der Waals surface area contributed by atoms with E-state index in [0.29, 0.717) is 16.9 Å². The van der Waals surface area contributed by atoms with Gasteiger partial charge in [0.25, 0.3) is 0 Å². The van der Waals surface area contributed by atoms with Gasteiger partial charge in [0.2, 0.25) is 0 Å². The van der Waals surface area contributed by atoms with Crippen molar-refractivity contribution >= 4 is 17.4 Å². The van der Waals surface area contributed by atoms with Crippen LogP contribution in [0.1, 0.15) is 6.42 Å². The summed E-state index contributed by atoms with van der Waals surface area (Å²) in [4.78, 5) is 2.33. The monoisotopic (exact) mass is 214 g/mol. The SMILES string of the molecule is CN1CC[C@@H](Cn2nc(Cl)cc2N)C1. The second kappa shape index (κ2) is 3.79. The molecule has 1 fully saturated rings. The highest BCUT2D eigenvalue weighted by Gasteiger charge is 2.20. The number of anilines is 1. The van der Waals surface area contributed by atoms with Crippen molar-refractivity contribution in [2.45, 2.75) is 13.0 Å². The van der Waals surface area contributed by atoms with Crippen molar-refractivity contribution in [3.05, 3.63) is 11.2 Å². The highest BCUT2D eigenvalue weighted by molar-refractivity contribution is 6.29. The van der Waals surface area contributed by atoms with Gasteiger partial charge in [-0.1, -0.05) is 11.6 Å². The van der Waals surface area contributed by atoms with Crippen LogP contribution in [0.2, 0.25) is 5.15 Å². The van der Waals surface area contributed by atoms with Crippen LogP contribution in [-0.4, -0.2) is 34.8 Å². The van der Waals surface area contributed by atoms with Crippen molar-refractivity contribution in [1.82, 2.24) is 14.7 Å². The quantitative estimate of drug-likeness (QED) is 0.801. The number of hydrogen-bond acceptors (Lipinski definition) is 3. The first-order valence-corrected chi connectivity index (χ1v) is 5.20. The van der Waals surface area contributed by atoms with Crippen molar-refractivity contribution in [1.29, 1.82) is 0 Å². The number of rotatable bonds is 2. The summed E-state index contributed by atoms with van der Waals surface area (Å²) >= 11 is 5.76. The van der Waals surface area contributed by atoms with Crippen LogP contribution in [0, 0.1) is 5.92 Å². The summed E-state index contributed by atoms with van der Waals surface area (Å²) in [5, 5.41) is 4.62. The van der Waals surface area contributed by atoms with Crippen LogP contribution in [0.3, 0.4) is 0 Å². The van der Waals surface area contributed by atoms with E-state index < -0.39 is 0 Å². The highest BCUT2D eigenvalue weighted by atomic mass is 35.5. The molecule has 78 valence electrons. The van der Waals surface area contributed by atoms with Crippen LogP contribution in [0.25, 0.3) is 0 Å². The molecule has 2 heterocycles. The Labute approximate surface area is 88.6 Å². The molecule has 2 rings (SSSR count). The van der Waals surface area contributed by atoms with E-state index in [1.54, 1.807) is 10.7 Å². The fourth-order valence-electron chi connectivity index (χ4n) is 1.96. The molecule has 5 heteroatoms. The van der Waals surface area contributed by atoms with Crippen LogP contribution in [0.4, 0.5) is 5.82 Å². The lowest BCUT2D eigenvalue weighted by atomic mass is 10.1. The average molecular weight is 215 g/mol. The van der Waals surface area contributed by atoms with Crippen molar-refractivity contribution < 1.29 is 0 Å². The zero-order chi connectivity index (χ0) is 10.1. The third kappa shape index (κ3) is 2.01. The summed E-state index contributed by atoms with van der Waals surface area (Å²) in [6.45, 7) is 3.17. The molecule has 1 aromatic heterocycles. The van der Waals surface area contributed by atoms with Crippen molar-refractivity contribution in [3.63, 3.8) is 0 Å². The fourth-order valence-corrected chi connectivity index (χ4v) is 2.17. The molecule has 0 amide bonds. The minimum atomic E-state index is 0.480. The molecule has 0 aromatic carbocycles. The Kier molecular flexibility index (Phi) is 2.65. The molecule has 0 spiro atoms. The second-order valence-electron chi connectivity index (χ2n) is 3.99. The van der Waals surface area contributed by atoms with Gasteiger partial charge in [-0.15, -0.1) is 0 Å². The lowest BCUT2D eigenvalue weighted by Gasteiger charge is -2.11. The predicted molar refractivity (Wildman–Crippen MR) is 57.3 cm³/mol. The molecule has 0 unspecified atom stereocenters. The molecule has 0 aliphatic carbocycles. The molecule has 1 aromatic rings. The summed E-state index contributed by atoms with van der Waals surface area (Å²) < 4.78 is 1.80. The molecule has 0 bridgehead atoms. The number of likely N-dealkylation sites (tertiary alicyclic amines) is 1. The standard InChI is InChI=1S/C9H15ClN4/c1-13-3-2-7(5-13)6-14-9(11)4-8(10)12-14/h4,7H,2-3,5-6,11H2,1H3/t7-/m1/s1. The van der Waals surface area contributed by atoms with E-state index in [0.717, 1.165) is 13.1 Å². The van der Waals surface area contributed by atoms with Crippen LogP contribution in [0.5, 0.6) is 0 Å². The van der Waals surface area contributed by atoms with Crippen molar-refractivity contribution in [3.8, 4) is 0 Å². The number of hydrogen-bond donors (Lipinski definition) is 1. The summed E-state index contributed by atoms with van der Waals surface area (Å²) in [6.07, 6.45) is 1.22. The number of nitrogen functional groups attached to an aromatic ring is 1. The molecular weight excluding hydrogens is 200 g/mol. The zero-order valence-electron chi connectivity index (χ0n) is 8.28. The smallest absolute Gasteiger partial charge is 0.153 e. The maximum Gasteiger partial charge on any atom is 0.153 e. The maximum absolute atomic E-state index is 5.76. The Morgan fingerprint density at radius 3 is 3.00 bits per heavy atom. The van der Waals surface area contributed by atoms with Crippen molar-refractivity contribution in [2.75, 3.05) is 25.9 Å². The second-order valence-corrected chi connectivity index (χ2v) is 4.38. The number of nitrogens with two attached hydrogens (primary N) is 1. The Bertz CT molecular complexity index is 323. The Morgan fingerprint density at radius 2 is 2.50 bits per heavy atom. The Hall–Kier alpha value is -0.740. The van der Waals surface area contributed by atoms with Crippen LogP contribution in [0.15, 0.2) is 6.07 Å². The van der Waals surface area contributed by atoms with Crippen LogP contribution in [-0.2, 0) is 6.54 Å². The Balaban J connectivity index is 2.00. The van der Waals surface area contributed by atoms with E-state index in [-0.39, 0.29) is 0 Å². The van der Waals surface area contributed by atoms with Gasteiger partial charge in [0, 0.05) is 19.2 Å². The van der Waals surface area contributed by atoms with Gasteiger partial charge in [0.05, 0.1) is 0 Å². The van der Waals surface area contributed by atoms with Gasteiger partial charge in [-0.05, 0) is 25.9 Å². The number of aromatic nitrogens is 2. The van der Waals surface area contributed by atoms with E-state index in [9.17, 15) is 0 Å². The third-order valence-electron chi connectivity index (χ3n) is 2.70. The van der Waals surface area contributed by atoms with Crippen LogP contribution >= 0.6 is 11.6 Å². The number of nitrogens with zero attached hydrogens (tertiary/aromatic N) is 3. The van der Waals surface area contributed by atoms with Crippen molar-refractivity contribution in [2.24, 2.45) is 5.92 Å². The first kappa shape index (κ1) is 9.80. The molecular formula is C9H15ClN4. The van der Waals surface area contributed by atoms with E-state index in [4.69, 9.17) is 17.3 Å². The van der Waals surface area contributed by atoms with Gasteiger partial charge in [-0.25, -0.2) is 4.68 Å². The maximum atomic E-state index is 5.76. The van der Waals surface area contributed by atoms with E-state index in [2.05, 4.69) is 17.0 Å². The molecule has 14 heavy (non-hydrogen) atoms. The first-order valence-electron chi connectivity index (χ1n) is 4.82. The minimum absolute atomic E-state index is 0.480. The van der Waals surface area contributed by atoms with E-state index >= 15 is 0 Å². The summed E-state index contributed by atoms with van der Waals surface area (Å²) in [6, 6.07) is 1.69. The van der Waals surface area contributed by atoms with Gasteiger partial charge in [0.1, 0.15) is 5.82 Å². The average Bonchev–Trinajstić information content (AvgIpc) is 2.61. The zero-order valence-corrected chi connectivity index (χ0v) is 9.04. The van der Waals surface area contributed by atoms with Gasteiger partial charge in [-0.2, -0.15) is 5.10 Å². The normalized spacial score (nSPS) is 23.1. The molecule has 0 radical (unpaired) electrons. The summed E-state index contributed by atoms with van der Waals surface area (Å²) in [7, 11) is 2.14. The third-order valence-corrected chi connectivity index (χ3v) is 2.89. The largest absolute Gasteiger partial charge is 0.384 e. The molecule has 1 aliphatic heterocycles. The lowest BCUT2D eigenvalue weighted by Crippen LogP contribution is -2.18. The van der Waals surface area contributed by atoms with Gasteiger partial charge in [0.15, 0.2) is 5.15 Å². The Morgan fingerprint density at radius 1 is 1.71 bits per heavy atom. The minimum Gasteiger partial charge on any atom is -0.384 e. The molecule has 1 atom stereocenters. The van der Waals surface area contributed by atoms with Gasteiger partial charge < -0.3 is 10.6 Å². The highest BCUT2D eigenvalue weighted by Crippen LogP contribution is 2.19. The topological polar surface area (TPSA) is 47.1 Å². The first-order chi connectivity index (χ1) is 6.65. The van der Waals surface area contributed by atoms with E-state index in [1.165, 1.54) is 13.0 Å². The fraction of sp³-hybridized carbons (Fsp3) is 0.667. The van der Waals surface area contributed by atoms with E-state index in [1.807, 2.05) is 0 Å². The van der Waals surface area contributed by atoms with Gasteiger partial charge in [-0.3, -0.25) is 0 Å². The lowest BCUT2D eigenvalue weighted by molar-refractivity contribution is 0.371. The summed E-state index contributed by atoms with van der Waals surface area (Å²) in [5.74, 6) is 1.31. The van der Waals surface area contributed by atoms with Crippen LogP contribution < -0.4 is 5.73 Å². The summed E-state index contributed by atoms with van der Waals surface area (Å²) in [5.41, 5.74) is 5.76. The molecule has 0 saturated carbocycles. The molecule has 2 N–H and O–H groups in total. The molecule has 1 aliphatic rings.